The summed E-state index contributed by atoms with van der Waals surface area (Å²) in [6, 6.07) is 3.64. The standard InChI is InChI=1S/C18H23N3O2S2/c1-13-4-2-8-21(10-13)11-14-12-25-18(19-14)20-17(23)7-6-15(22)16-5-3-9-24-16/h3,5,9,12-13H,2,4,6-8,10-11H2,1H3,(H,19,20,23). The van der Waals surface area contributed by atoms with Crippen molar-refractivity contribution in [3.63, 3.8) is 0 Å². The molecule has 2 aromatic heterocycles. The Morgan fingerprint density at radius 1 is 1.36 bits per heavy atom. The van der Waals surface area contributed by atoms with Crippen molar-refractivity contribution in [2.45, 2.75) is 39.2 Å². The monoisotopic (exact) mass is 377 g/mol. The van der Waals surface area contributed by atoms with Crippen LogP contribution in [0.5, 0.6) is 0 Å². The fourth-order valence-corrected chi connectivity index (χ4v) is 4.48. The Kier molecular flexibility index (Phi) is 6.34. The average Bonchev–Trinajstić information content (AvgIpc) is 3.25. The zero-order valence-corrected chi connectivity index (χ0v) is 16.0. The number of thiazole rings is 1. The molecule has 25 heavy (non-hydrogen) atoms. The summed E-state index contributed by atoms with van der Waals surface area (Å²) in [6.45, 7) is 5.36. The summed E-state index contributed by atoms with van der Waals surface area (Å²) in [5.74, 6) is 0.606. The number of thiophene rings is 1. The Hall–Kier alpha value is -1.57. The molecule has 0 aliphatic carbocycles. The van der Waals surface area contributed by atoms with Crippen LogP contribution < -0.4 is 5.32 Å². The van der Waals surface area contributed by atoms with E-state index in [1.165, 1.54) is 35.5 Å². The second kappa shape index (κ2) is 8.69. The third-order valence-electron chi connectivity index (χ3n) is 4.30. The summed E-state index contributed by atoms with van der Waals surface area (Å²) in [5.41, 5.74) is 1.00. The molecule has 0 aromatic carbocycles. The predicted octanol–water partition coefficient (Wildman–Crippen LogP) is 4.04. The van der Waals surface area contributed by atoms with E-state index < -0.39 is 0 Å². The lowest BCUT2D eigenvalue weighted by atomic mass is 10.0. The Bertz CT molecular complexity index is 712. The minimum Gasteiger partial charge on any atom is -0.302 e. The van der Waals surface area contributed by atoms with Crippen molar-refractivity contribution >= 4 is 39.5 Å². The van der Waals surface area contributed by atoms with Crippen LogP contribution in [0, 0.1) is 5.92 Å². The highest BCUT2D eigenvalue weighted by Gasteiger charge is 2.18. The Balaban J connectivity index is 1.44. The first kappa shape index (κ1) is 18.2. The van der Waals surface area contributed by atoms with Gasteiger partial charge in [0.25, 0.3) is 0 Å². The summed E-state index contributed by atoms with van der Waals surface area (Å²) >= 11 is 2.86. The fraction of sp³-hybridized carbons (Fsp3) is 0.500. The molecule has 0 radical (unpaired) electrons. The van der Waals surface area contributed by atoms with E-state index in [1.807, 2.05) is 16.8 Å². The van der Waals surface area contributed by atoms with Gasteiger partial charge in [0.15, 0.2) is 10.9 Å². The van der Waals surface area contributed by atoms with E-state index in [1.54, 1.807) is 6.07 Å². The van der Waals surface area contributed by atoms with Crippen LogP contribution in [-0.2, 0) is 11.3 Å². The number of amides is 1. The van der Waals surface area contributed by atoms with Gasteiger partial charge in [0.1, 0.15) is 0 Å². The van der Waals surface area contributed by atoms with E-state index in [0.717, 1.165) is 31.2 Å². The predicted molar refractivity (Wildman–Crippen MR) is 102 cm³/mol. The highest BCUT2D eigenvalue weighted by Crippen LogP contribution is 2.21. The van der Waals surface area contributed by atoms with Crippen molar-refractivity contribution < 1.29 is 9.59 Å². The van der Waals surface area contributed by atoms with Crippen molar-refractivity contribution in [3.05, 3.63) is 33.5 Å². The van der Waals surface area contributed by atoms with Gasteiger partial charge in [0, 0.05) is 31.3 Å². The van der Waals surface area contributed by atoms with Crippen LogP contribution in [0.15, 0.2) is 22.9 Å². The van der Waals surface area contributed by atoms with Gasteiger partial charge < -0.3 is 5.32 Å². The lowest BCUT2D eigenvalue weighted by Gasteiger charge is -2.30. The number of piperidine rings is 1. The molecule has 2 aromatic rings. The molecule has 7 heteroatoms. The van der Waals surface area contributed by atoms with Gasteiger partial charge in [-0.05, 0) is 36.8 Å². The summed E-state index contributed by atoms with van der Waals surface area (Å²) < 4.78 is 0. The molecule has 1 N–H and O–H groups in total. The lowest BCUT2D eigenvalue weighted by Crippen LogP contribution is -2.33. The molecule has 0 bridgehead atoms. The van der Waals surface area contributed by atoms with Crippen LogP contribution in [0.4, 0.5) is 5.13 Å². The molecule has 1 aliphatic heterocycles. The van der Waals surface area contributed by atoms with Crippen molar-refractivity contribution in [3.8, 4) is 0 Å². The number of hydrogen-bond donors (Lipinski definition) is 1. The highest BCUT2D eigenvalue weighted by molar-refractivity contribution is 7.14. The number of nitrogens with one attached hydrogen (secondary N) is 1. The highest BCUT2D eigenvalue weighted by atomic mass is 32.1. The molecule has 1 unspecified atom stereocenters. The SMILES string of the molecule is CC1CCCN(Cc2csc(NC(=O)CCC(=O)c3cccs3)n2)C1. The smallest absolute Gasteiger partial charge is 0.226 e. The maximum atomic E-state index is 12.0. The average molecular weight is 378 g/mol. The van der Waals surface area contributed by atoms with Gasteiger partial charge in [-0.15, -0.1) is 22.7 Å². The number of rotatable bonds is 7. The number of Topliss-reactive ketones (excluding diaryl/α,β-unsaturated/α-hetero) is 1. The van der Waals surface area contributed by atoms with E-state index in [-0.39, 0.29) is 24.5 Å². The number of carbonyl (C=O) groups is 2. The number of nitrogens with zero attached hydrogens (tertiary/aromatic N) is 2. The molecule has 1 amide bonds. The number of carbonyl (C=O) groups excluding carboxylic acids is 2. The summed E-state index contributed by atoms with van der Waals surface area (Å²) in [6.07, 6.45) is 2.97. The van der Waals surface area contributed by atoms with E-state index in [9.17, 15) is 9.59 Å². The molecule has 1 atom stereocenters. The molecular formula is C18H23N3O2S2. The quantitative estimate of drug-likeness (QED) is 0.740. The van der Waals surface area contributed by atoms with Gasteiger partial charge in [0.2, 0.25) is 5.91 Å². The number of hydrogen-bond acceptors (Lipinski definition) is 6. The van der Waals surface area contributed by atoms with E-state index in [0.29, 0.717) is 10.0 Å². The zero-order valence-electron chi connectivity index (χ0n) is 14.4. The van der Waals surface area contributed by atoms with Gasteiger partial charge in [-0.1, -0.05) is 13.0 Å². The van der Waals surface area contributed by atoms with E-state index in [4.69, 9.17) is 0 Å². The largest absolute Gasteiger partial charge is 0.302 e. The minimum absolute atomic E-state index is 0.0178. The van der Waals surface area contributed by atoms with Crippen LogP contribution in [0.3, 0.4) is 0 Å². The first-order chi connectivity index (χ1) is 12.1. The first-order valence-corrected chi connectivity index (χ1v) is 10.4. The van der Waals surface area contributed by atoms with Crippen molar-refractivity contribution in [2.24, 2.45) is 5.92 Å². The maximum absolute atomic E-state index is 12.0. The molecule has 1 saturated heterocycles. The van der Waals surface area contributed by atoms with Crippen LogP contribution in [0.2, 0.25) is 0 Å². The van der Waals surface area contributed by atoms with Crippen LogP contribution in [0.1, 0.15) is 48.0 Å². The van der Waals surface area contributed by atoms with Crippen molar-refractivity contribution in [2.75, 3.05) is 18.4 Å². The van der Waals surface area contributed by atoms with Crippen LogP contribution in [0.25, 0.3) is 0 Å². The Morgan fingerprint density at radius 3 is 3.00 bits per heavy atom. The number of aromatic nitrogens is 1. The summed E-state index contributed by atoms with van der Waals surface area (Å²) in [5, 5.41) is 7.30. The molecule has 134 valence electrons. The fourth-order valence-electron chi connectivity index (χ4n) is 3.07. The first-order valence-electron chi connectivity index (χ1n) is 8.63. The second-order valence-corrected chi connectivity index (χ2v) is 8.38. The van der Waals surface area contributed by atoms with Crippen molar-refractivity contribution in [1.29, 1.82) is 0 Å². The van der Waals surface area contributed by atoms with E-state index >= 15 is 0 Å². The summed E-state index contributed by atoms with van der Waals surface area (Å²) in [4.78, 5) is 31.6. The number of ketones is 1. The normalized spacial score (nSPS) is 18.2. The van der Waals surface area contributed by atoms with E-state index in [2.05, 4.69) is 22.1 Å². The molecule has 3 heterocycles. The third-order valence-corrected chi connectivity index (χ3v) is 6.02. The van der Waals surface area contributed by atoms with Gasteiger partial charge in [-0.25, -0.2) is 4.98 Å². The van der Waals surface area contributed by atoms with Gasteiger partial charge in [-0.3, -0.25) is 14.5 Å². The minimum atomic E-state index is -0.155. The number of likely N-dealkylation sites (tertiary alicyclic amines) is 1. The van der Waals surface area contributed by atoms with Crippen LogP contribution >= 0.6 is 22.7 Å². The van der Waals surface area contributed by atoms with Gasteiger partial charge in [0.05, 0.1) is 10.6 Å². The zero-order chi connectivity index (χ0) is 17.6. The Morgan fingerprint density at radius 2 is 2.24 bits per heavy atom. The van der Waals surface area contributed by atoms with Crippen molar-refractivity contribution in [1.82, 2.24) is 9.88 Å². The molecule has 1 aliphatic rings. The molecule has 5 nitrogen and oxygen atoms in total. The van der Waals surface area contributed by atoms with Crippen LogP contribution in [-0.4, -0.2) is 34.7 Å². The van der Waals surface area contributed by atoms with Gasteiger partial charge >= 0.3 is 0 Å². The summed E-state index contributed by atoms with van der Waals surface area (Å²) in [7, 11) is 0. The lowest BCUT2D eigenvalue weighted by molar-refractivity contribution is -0.116. The third kappa shape index (κ3) is 5.45. The number of anilines is 1. The molecular weight excluding hydrogens is 354 g/mol. The maximum Gasteiger partial charge on any atom is 0.226 e. The second-order valence-electron chi connectivity index (χ2n) is 6.58. The Labute approximate surface area is 156 Å². The molecule has 0 spiro atoms. The molecule has 0 saturated carbocycles. The molecule has 1 fully saturated rings. The molecule has 3 rings (SSSR count). The van der Waals surface area contributed by atoms with Gasteiger partial charge in [-0.2, -0.15) is 0 Å². The topological polar surface area (TPSA) is 62.3 Å².